The maximum absolute atomic E-state index is 12.3. The molecule has 1 atom stereocenters. The molecule has 154 valence electrons. The van der Waals surface area contributed by atoms with E-state index in [1.807, 2.05) is 35.2 Å². The summed E-state index contributed by atoms with van der Waals surface area (Å²) in [5, 5.41) is 6.02. The Kier molecular flexibility index (Phi) is 7.71. The van der Waals surface area contributed by atoms with Gasteiger partial charge in [0.2, 0.25) is 5.91 Å². The van der Waals surface area contributed by atoms with Crippen LogP contribution in [-0.4, -0.2) is 60.5 Å². The van der Waals surface area contributed by atoms with Crippen LogP contribution in [0.15, 0.2) is 30.3 Å². The molecule has 3 rings (SSSR count). The minimum absolute atomic E-state index is 0.0512. The molecule has 2 aliphatic heterocycles. The van der Waals surface area contributed by atoms with E-state index < -0.39 is 0 Å². The van der Waals surface area contributed by atoms with Gasteiger partial charge in [0.25, 0.3) is 0 Å². The second-order valence-corrected chi connectivity index (χ2v) is 8.16. The summed E-state index contributed by atoms with van der Waals surface area (Å²) in [4.78, 5) is 28.9. The fourth-order valence-corrected chi connectivity index (χ4v) is 4.23. The lowest BCUT2D eigenvalue weighted by atomic mass is 9.93. The summed E-state index contributed by atoms with van der Waals surface area (Å²) < 4.78 is 0. The number of rotatable bonds is 6. The molecule has 2 saturated heterocycles. The van der Waals surface area contributed by atoms with E-state index in [1.165, 1.54) is 19.3 Å². The first-order chi connectivity index (χ1) is 13.6. The third-order valence-electron chi connectivity index (χ3n) is 6.06. The monoisotopic (exact) mass is 386 g/mol. The Morgan fingerprint density at radius 3 is 2.50 bits per heavy atom. The largest absolute Gasteiger partial charge is 0.355 e. The highest BCUT2D eigenvalue weighted by molar-refractivity contribution is 5.89. The molecule has 0 aliphatic carbocycles. The topological polar surface area (TPSA) is 64.7 Å². The maximum Gasteiger partial charge on any atom is 0.321 e. The second kappa shape index (κ2) is 10.5. The van der Waals surface area contributed by atoms with E-state index in [4.69, 9.17) is 0 Å². The van der Waals surface area contributed by atoms with Crippen molar-refractivity contribution in [2.24, 2.45) is 5.92 Å². The molecular formula is C22H34N4O2. The molecule has 0 aromatic heterocycles. The van der Waals surface area contributed by atoms with Gasteiger partial charge in [-0.2, -0.15) is 0 Å². The molecule has 1 aromatic rings. The lowest BCUT2D eigenvalue weighted by Crippen LogP contribution is -2.43. The van der Waals surface area contributed by atoms with Gasteiger partial charge in [0.05, 0.1) is 0 Å². The van der Waals surface area contributed by atoms with E-state index in [9.17, 15) is 9.59 Å². The minimum atomic E-state index is -0.0512. The first kappa shape index (κ1) is 20.6. The van der Waals surface area contributed by atoms with Gasteiger partial charge >= 0.3 is 6.03 Å². The maximum atomic E-state index is 12.3. The summed E-state index contributed by atoms with van der Waals surface area (Å²) in [5.74, 6) is 0.520. The molecule has 0 unspecified atom stereocenters. The highest BCUT2D eigenvalue weighted by Crippen LogP contribution is 2.21. The average Bonchev–Trinajstić information content (AvgIpc) is 2.71. The van der Waals surface area contributed by atoms with Gasteiger partial charge in [-0.05, 0) is 57.2 Å². The van der Waals surface area contributed by atoms with Gasteiger partial charge in [0.1, 0.15) is 0 Å². The number of hydrogen-bond acceptors (Lipinski definition) is 3. The molecular weight excluding hydrogens is 352 g/mol. The first-order valence-corrected chi connectivity index (χ1v) is 10.7. The first-order valence-electron chi connectivity index (χ1n) is 10.7. The molecule has 0 spiro atoms. The van der Waals surface area contributed by atoms with Crippen molar-refractivity contribution in [2.45, 2.75) is 51.5 Å². The van der Waals surface area contributed by atoms with Crippen LogP contribution in [0.1, 0.15) is 45.4 Å². The van der Waals surface area contributed by atoms with E-state index in [0.29, 0.717) is 31.5 Å². The van der Waals surface area contributed by atoms with Crippen molar-refractivity contribution in [3.8, 4) is 0 Å². The highest BCUT2D eigenvalue weighted by Gasteiger charge is 2.24. The number of benzene rings is 1. The van der Waals surface area contributed by atoms with Crippen molar-refractivity contribution < 1.29 is 9.59 Å². The normalized spacial score (nSPS) is 21.3. The van der Waals surface area contributed by atoms with Crippen LogP contribution in [0.3, 0.4) is 0 Å². The summed E-state index contributed by atoms with van der Waals surface area (Å²) in [5.41, 5.74) is 0.817. The predicted molar refractivity (Wildman–Crippen MR) is 112 cm³/mol. The molecule has 3 amide bonds. The standard InChI is InChI=1S/C22H34N4O2/c1-18-7-5-6-13-25(18)16-12-23-21(27)17-19-10-14-26(15-11-19)22(28)24-20-8-3-2-4-9-20/h2-4,8-9,18-19H,5-7,10-17H2,1H3,(H,23,27)(H,24,28)/t18-/m0/s1. The zero-order valence-electron chi connectivity index (χ0n) is 17.0. The molecule has 2 fully saturated rings. The van der Waals surface area contributed by atoms with Crippen LogP contribution in [-0.2, 0) is 4.79 Å². The molecule has 28 heavy (non-hydrogen) atoms. The van der Waals surface area contributed by atoms with E-state index in [0.717, 1.165) is 38.2 Å². The van der Waals surface area contributed by atoms with Crippen molar-refractivity contribution in [3.05, 3.63) is 30.3 Å². The number of carbonyl (C=O) groups excluding carboxylic acids is 2. The summed E-state index contributed by atoms with van der Waals surface area (Å²) in [6.45, 7) is 6.54. The van der Waals surface area contributed by atoms with Crippen molar-refractivity contribution in [1.29, 1.82) is 0 Å². The molecule has 2 N–H and O–H groups in total. The Balaban J connectivity index is 1.31. The number of anilines is 1. The van der Waals surface area contributed by atoms with Crippen molar-refractivity contribution >= 4 is 17.6 Å². The van der Waals surface area contributed by atoms with Crippen LogP contribution in [0.5, 0.6) is 0 Å². The van der Waals surface area contributed by atoms with Crippen LogP contribution in [0.2, 0.25) is 0 Å². The quantitative estimate of drug-likeness (QED) is 0.788. The predicted octanol–water partition coefficient (Wildman–Crippen LogP) is 3.31. The molecule has 6 nitrogen and oxygen atoms in total. The van der Waals surface area contributed by atoms with Crippen molar-refractivity contribution in [2.75, 3.05) is 38.0 Å². The minimum Gasteiger partial charge on any atom is -0.355 e. The van der Waals surface area contributed by atoms with E-state index in [-0.39, 0.29) is 11.9 Å². The van der Waals surface area contributed by atoms with Crippen LogP contribution >= 0.6 is 0 Å². The Morgan fingerprint density at radius 2 is 1.79 bits per heavy atom. The zero-order chi connectivity index (χ0) is 19.8. The van der Waals surface area contributed by atoms with Gasteiger partial charge in [-0.1, -0.05) is 24.6 Å². The summed E-state index contributed by atoms with van der Waals surface area (Å²) >= 11 is 0. The zero-order valence-corrected chi connectivity index (χ0v) is 17.0. The smallest absolute Gasteiger partial charge is 0.321 e. The number of amides is 3. The summed E-state index contributed by atoms with van der Waals surface area (Å²) in [6.07, 6.45) is 6.21. The Hall–Kier alpha value is -2.08. The lowest BCUT2D eigenvalue weighted by molar-refractivity contribution is -0.122. The number of hydrogen-bond donors (Lipinski definition) is 2. The van der Waals surface area contributed by atoms with E-state index in [1.54, 1.807) is 0 Å². The Bertz CT molecular complexity index is 629. The Labute approximate surface area is 168 Å². The fourth-order valence-electron chi connectivity index (χ4n) is 4.23. The van der Waals surface area contributed by atoms with Crippen LogP contribution in [0, 0.1) is 5.92 Å². The summed E-state index contributed by atoms with van der Waals surface area (Å²) in [6, 6.07) is 10.1. The molecule has 0 radical (unpaired) electrons. The summed E-state index contributed by atoms with van der Waals surface area (Å²) in [7, 11) is 0. The average molecular weight is 387 g/mol. The molecule has 2 heterocycles. The van der Waals surface area contributed by atoms with Crippen LogP contribution < -0.4 is 10.6 Å². The van der Waals surface area contributed by atoms with Crippen molar-refractivity contribution in [1.82, 2.24) is 15.1 Å². The van der Waals surface area contributed by atoms with Crippen LogP contribution in [0.25, 0.3) is 0 Å². The molecule has 1 aromatic carbocycles. The molecule has 6 heteroatoms. The number of nitrogens with one attached hydrogen (secondary N) is 2. The molecule has 0 bridgehead atoms. The number of para-hydroxylation sites is 1. The van der Waals surface area contributed by atoms with E-state index >= 15 is 0 Å². The number of carbonyl (C=O) groups is 2. The van der Waals surface area contributed by atoms with Gasteiger partial charge in [-0.15, -0.1) is 0 Å². The van der Waals surface area contributed by atoms with Gasteiger partial charge in [-0.3, -0.25) is 9.69 Å². The van der Waals surface area contributed by atoms with E-state index in [2.05, 4.69) is 22.5 Å². The second-order valence-electron chi connectivity index (χ2n) is 8.16. The van der Waals surface area contributed by atoms with Gasteiger partial charge in [-0.25, -0.2) is 4.79 Å². The van der Waals surface area contributed by atoms with Crippen molar-refractivity contribution in [3.63, 3.8) is 0 Å². The molecule has 2 aliphatic rings. The third-order valence-corrected chi connectivity index (χ3v) is 6.06. The number of likely N-dealkylation sites (tertiary alicyclic amines) is 2. The molecule has 0 saturated carbocycles. The number of nitrogens with zero attached hydrogens (tertiary/aromatic N) is 2. The van der Waals surface area contributed by atoms with Gasteiger partial charge in [0.15, 0.2) is 0 Å². The van der Waals surface area contributed by atoms with Crippen LogP contribution in [0.4, 0.5) is 10.5 Å². The van der Waals surface area contributed by atoms with Gasteiger partial charge < -0.3 is 15.5 Å². The SMILES string of the molecule is C[C@H]1CCCCN1CCNC(=O)CC1CCN(C(=O)Nc2ccccc2)CC1. The lowest BCUT2D eigenvalue weighted by Gasteiger charge is -2.33. The Morgan fingerprint density at radius 1 is 1.04 bits per heavy atom. The third kappa shape index (κ3) is 6.23. The number of urea groups is 1. The number of piperidine rings is 2. The highest BCUT2D eigenvalue weighted by atomic mass is 16.2. The van der Waals surface area contributed by atoms with Gasteiger partial charge in [0, 0.05) is 44.3 Å². The fraction of sp³-hybridized carbons (Fsp3) is 0.636.